The topological polar surface area (TPSA) is 42.4 Å². The fourth-order valence-corrected chi connectivity index (χ4v) is 1.47. The molecule has 1 N–H and O–H groups in total. The molecule has 0 unspecified atom stereocenters. The van der Waals surface area contributed by atoms with Crippen LogP contribution in [-0.2, 0) is 6.61 Å². The molecule has 0 spiro atoms. The number of ether oxygens (including phenoxy) is 1. The summed E-state index contributed by atoms with van der Waals surface area (Å²) in [6.07, 6.45) is 3.17. The van der Waals surface area contributed by atoms with E-state index in [-0.39, 0.29) is 6.61 Å². The molecule has 82 valence electrons. The van der Waals surface area contributed by atoms with Crippen LogP contribution >= 0.6 is 11.6 Å². The average Bonchev–Trinajstić information content (AvgIpc) is 2.30. The van der Waals surface area contributed by atoms with Crippen LogP contribution in [0.15, 0.2) is 42.7 Å². The second kappa shape index (κ2) is 4.96. The Morgan fingerprint density at radius 1 is 1.31 bits per heavy atom. The van der Waals surface area contributed by atoms with Crippen molar-refractivity contribution in [2.45, 2.75) is 6.61 Å². The van der Waals surface area contributed by atoms with Crippen molar-refractivity contribution in [3.05, 3.63) is 53.3 Å². The highest BCUT2D eigenvalue weighted by molar-refractivity contribution is 6.30. The second-order valence-electron chi connectivity index (χ2n) is 3.20. The average molecular weight is 236 g/mol. The van der Waals surface area contributed by atoms with Crippen molar-refractivity contribution in [3.63, 3.8) is 0 Å². The minimum absolute atomic E-state index is 0.0849. The quantitative estimate of drug-likeness (QED) is 0.889. The van der Waals surface area contributed by atoms with Crippen molar-refractivity contribution in [1.29, 1.82) is 0 Å². The molecule has 0 amide bonds. The summed E-state index contributed by atoms with van der Waals surface area (Å²) in [5.74, 6) is 1.16. The van der Waals surface area contributed by atoms with Gasteiger partial charge >= 0.3 is 0 Å². The maximum absolute atomic E-state index is 9.12. The fraction of sp³-hybridized carbons (Fsp3) is 0.0833. The summed E-state index contributed by atoms with van der Waals surface area (Å²) >= 11 is 5.84. The highest BCUT2D eigenvalue weighted by Gasteiger charge is 2.03. The van der Waals surface area contributed by atoms with E-state index in [4.69, 9.17) is 21.4 Å². The summed E-state index contributed by atoms with van der Waals surface area (Å²) in [7, 11) is 0. The fourth-order valence-electron chi connectivity index (χ4n) is 1.29. The molecule has 1 heterocycles. The van der Waals surface area contributed by atoms with Crippen LogP contribution in [0.3, 0.4) is 0 Å². The number of pyridine rings is 1. The Morgan fingerprint density at radius 2 is 2.19 bits per heavy atom. The van der Waals surface area contributed by atoms with Gasteiger partial charge in [0.25, 0.3) is 0 Å². The van der Waals surface area contributed by atoms with Gasteiger partial charge in [-0.3, -0.25) is 4.98 Å². The summed E-state index contributed by atoms with van der Waals surface area (Å²) in [5, 5.41) is 9.72. The molecule has 4 heteroatoms. The molecular weight excluding hydrogens is 226 g/mol. The van der Waals surface area contributed by atoms with Crippen molar-refractivity contribution in [2.24, 2.45) is 0 Å². The van der Waals surface area contributed by atoms with Crippen LogP contribution in [0, 0.1) is 0 Å². The van der Waals surface area contributed by atoms with Crippen molar-refractivity contribution in [2.75, 3.05) is 0 Å². The number of aliphatic hydroxyl groups excluding tert-OH is 1. The molecule has 16 heavy (non-hydrogen) atoms. The van der Waals surface area contributed by atoms with Crippen LogP contribution < -0.4 is 4.74 Å². The molecule has 0 aliphatic carbocycles. The molecule has 1 aromatic carbocycles. The van der Waals surface area contributed by atoms with Gasteiger partial charge in [-0.05, 0) is 24.3 Å². The molecule has 0 atom stereocenters. The summed E-state index contributed by atoms with van der Waals surface area (Å²) in [6.45, 7) is -0.0849. The van der Waals surface area contributed by atoms with Crippen LogP contribution in [0.25, 0.3) is 0 Å². The number of nitrogens with zero attached hydrogens (tertiary/aromatic N) is 1. The molecule has 0 fully saturated rings. The van der Waals surface area contributed by atoms with Crippen LogP contribution in [0.2, 0.25) is 5.02 Å². The van der Waals surface area contributed by atoms with Gasteiger partial charge in [-0.1, -0.05) is 17.7 Å². The lowest BCUT2D eigenvalue weighted by molar-refractivity contribution is 0.276. The standard InChI is InChI=1S/C12H10ClNO2/c13-10-2-1-3-11(6-10)16-12-7-14-5-4-9(12)8-15/h1-7,15H,8H2. The molecule has 0 bridgehead atoms. The minimum atomic E-state index is -0.0849. The van der Waals surface area contributed by atoms with Crippen LogP contribution in [0.1, 0.15) is 5.56 Å². The first kappa shape index (κ1) is 10.9. The van der Waals surface area contributed by atoms with E-state index in [0.717, 1.165) is 0 Å². The summed E-state index contributed by atoms with van der Waals surface area (Å²) in [4.78, 5) is 3.94. The first-order chi connectivity index (χ1) is 7.79. The molecule has 0 radical (unpaired) electrons. The molecule has 0 saturated heterocycles. The highest BCUT2D eigenvalue weighted by Crippen LogP contribution is 2.26. The van der Waals surface area contributed by atoms with Crippen LogP contribution in [0.4, 0.5) is 0 Å². The maximum atomic E-state index is 9.12. The van der Waals surface area contributed by atoms with Crippen LogP contribution in [-0.4, -0.2) is 10.1 Å². The summed E-state index contributed by atoms with van der Waals surface area (Å²) < 4.78 is 5.57. The SMILES string of the molecule is OCc1ccncc1Oc1cccc(Cl)c1. The lowest BCUT2D eigenvalue weighted by atomic mass is 10.2. The number of aliphatic hydroxyl groups is 1. The Balaban J connectivity index is 2.26. The monoisotopic (exact) mass is 235 g/mol. The Kier molecular flexibility index (Phi) is 3.39. The predicted molar refractivity (Wildman–Crippen MR) is 61.7 cm³/mol. The molecular formula is C12H10ClNO2. The third kappa shape index (κ3) is 2.51. The lowest BCUT2D eigenvalue weighted by Gasteiger charge is -2.08. The zero-order valence-electron chi connectivity index (χ0n) is 8.43. The number of hydrogen-bond acceptors (Lipinski definition) is 3. The molecule has 2 rings (SSSR count). The Hall–Kier alpha value is -1.58. The van der Waals surface area contributed by atoms with Crippen molar-refractivity contribution < 1.29 is 9.84 Å². The first-order valence-electron chi connectivity index (χ1n) is 4.77. The number of benzene rings is 1. The predicted octanol–water partition coefficient (Wildman–Crippen LogP) is 3.02. The third-order valence-electron chi connectivity index (χ3n) is 2.06. The molecule has 2 aromatic rings. The smallest absolute Gasteiger partial charge is 0.151 e. The van der Waals surface area contributed by atoms with Gasteiger partial charge in [0, 0.05) is 16.8 Å². The van der Waals surface area contributed by atoms with E-state index >= 15 is 0 Å². The van der Waals surface area contributed by atoms with Gasteiger partial charge < -0.3 is 9.84 Å². The Labute approximate surface area is 98.3 Å². The van der Waals surface area contributed by atoms with Crippen molar-refractivity contribution in [1.82, 2.24) is 4.98 Å². The third-order valence-corrected chi connectivity index (χ3v) is 2.30. The first-order valence-corrected chi connectivity index (χ1v) is 5.14. The van der Waals surface area contributed by atoms with Gasteiger partial charge in [-0.25, -0.2) is 0 Å². The number of hydrogen-bond donors (Lipinski definition) is 1. The minimum Gasteiger partial charge on any atom is -0.455 e. The van der Waals surface area contributed by atoms with Gasteiger partial charge in [0.15, 0.2) is 5.75 Å². The molecule has 0 saturated carbocycles. The van der Waals surface area contributed by atoms with Gasteiger partial charge in [0.1, 0.15) is 5.75 Å². The molecule has 1 aromatic heterocycles. The zero-order valence-corrected chi connectivity index (χ0v) is 9.19. The lowest BCUT2D eigenvalue weighted by Crippen LogP contribution is -1.92. The van der Waals surface area contributed by atoms with Crippen molar-refractivity contribution >= 4 is 11.6 Å². The van der Waals surface area contributed by atoms with Gasteiger partial charge in [-0.2, -0.15) is 0 Å². The van der Waals surface area contributed by atoms with Gasteiger partial charge in [-0.15, -0.1) is 0 Å². The van der Waals surface area contributed by atoms with Gasteiger partial charge in [0.05, 0.1) is 12.8 Å². The van der Waals surface area contributed by atoms with E-state index in [1.165, 1.54) is 0 Å². The van der Waals surface area contributed by atoms with E-state index in [1.807, 2.05) is 0 Å². The van der Waals surface area contributed by atoms with E-state index in [2.05, 4.69) is 4.98 Å². The number of rotatable bonds is 3. The van der Waals surface area contributed by atoms with E-state index in [0.29, 0.717) is 22.1 Å². The normalized spacial score (nSPS) is 10.1. The Bertz CT molecular complexity index is 488. The second-order valence-corrected chi connectivity index (χ2v) is 3.64. The van der Waals surface area contributed by atoms with E-state index < -0.39 is 0 Å². The van der Waals surface area contributed by atoms with E-state index in [1.54, 1.807) is 42.7 Å². The summed E-state index contributed by atoms with van der Waals surface area (Å²) in [5.41, 5.74) is 0.690. The largest absolute Gasteiger partial charge is 0.455 e. The van der Waals surface area contributed by atoms with Crippen molar-refractivity contribution in [3.8, 4) is 11.5 Å². The molecule has 3 nitrogen and oxygen atoms in total. The molecule has 0 aliphatic heterocycles. The Morgan fingerprint density at radius 3 is 2.94 bits per heavy atom. The van der Waals surface area contributed by atoms with E-state index in [9.17, 15) is 0 Å². The zero-order chi connectivity index (χ0) is 11.4. The number of aromatic nitrogens is 1. The maximum Gasteiger partial charge on any atom is 0.151 e. The molecule has 0 aliphatic rings. The highest BCUT2D eigenvalue weighted by atomic mass is 35.5. The van der Waals surface area contributed by atoms with Gasteiger partial charge in [0.2, 0.25) is 0 Å². The number of halogens is 1. The summed E-state index contributed by atoms with van der Waals surface area (Å²) in [6, 6.07) is 8.77. The van der Waals surface area contributed by atoms with Crippen LogP contribution in [0.5, 0.6) is 11.5 Å².